The van der Waals surface area contributed by atoms with E-state index in [4.69, 9.17) is 5.73 Å². The topological polar surface area (TPSA) is 52.7 Å². The zero-order chi connectivity index (χ0) is 11.1. The Bertz CT molecular complexity index is 226. The maximum atomic E-state index is 9.65. The molecule has 0 radical (unpaired) electrons. The van der Waals surface area contributed by atoms with E-state index in [1.807, 2.05) is 6.92 Å². The first-order chi connectivity index (χ1) is 6.89. The molecule has 3 N–H and O–H groups in total. The molecule has 0 unspecified atom stereocenters. The molecular weight excluding hydrogens is 190 g/mol. The summed E-state index contributed by atoms with van der Waals surface area (Å²) in [6.07, 6.45) is 2.14. The minimum absolute atomic E-state index is 0.0248. The molecule has 4 heteroatoms. The lowest BCUT2D eigenvalue weighted by Crippen LogP contribution is -2.66. The largest absolute Gasteiger partial charge is 0.388 e. The molecule has 0 aromatic carbocycles. The molecule has 2 aliphatic rings. The number of hydrogen-bond donors (Lipinski definition) is 2. The summed E-state index contributed by atoms with van der Waals surface area (Å²) in [7, 11) is 2.15. The van der Waals surface area contributed by atoms with Crippen LogP contribution in [0.4, 0.5) is 0 Å². The Morgan fingerprint density at radius 2 is 1.80 bits per heavy atom. The number of aliphatic hydroxyl groups is 1. The van der Waals surface area contributed by atoms with Crippen LogP contribution in [-0.2, 0) is 0 Å². The molecule has 2 fully saturated rings. The SMILES string of the molecule is CN1CCC(N)(CN2CC(C)(O)C2)CC1. The van der Waals surface area contributed by atoms with Crippen molar-refractivity contribution in [2.75, 3.05) is 39.8 Å². The van der Waals surface area contributed by atoms with Crippen molar-refractivity contribution in [2.45, 2.75) is 30.9 Å². The smallest absolute Gasteiger partial charge is 0.0872 e. The average Bonchev–Trinajstić information content (AvgIpc) is 2.08. The zero-order valence-electron chi connectivity index (χ0n) is 9.87. The van der Waals surface area contributed by atoms with E-state index in [1.54, 1.807) is 0 Å². The summed E-state index contributed by atoms with van der Waals surface area (Å²) < 4.78 is 0. The Balaban J connectivity index is 1.79. The van der Waals surface area contributed by atoms with E-state index in [0.717, 1.165) is 45.6 Å². The third kappa shape index (κ3) is 2.69. The van der Waals surface area contributed by atoms with Gasteiger partial charge in [-0.15, -0.1) is 0 Å². The fraction of sp³-hybridized carbons (Fsp3) is 1.00. The van der Waals surface area contributed by atoms with E-state index >= 15 is 0 Å². The van der Waals surface area contributed by atoms with Crippen LogP contribution in [0, 0.1) is 0 Å². The van der Waals surface area contributed by atoms with Gasteiger partial charge in [-0.1, -0.05) is 0 Å². The van der Waals surface area contributed by atoms with Crippen LogP contribution in [0.25, 0.3) is 0 Å². The average molecular weight is 213 g/mol. The van der Waals surface area contributed by atoms with Gasteiger partial charge in [-0.3, -0.25) is 4.90 Å². The van der Waals surface area contributed by atoms with Gasteiger partial charge >= 0.3 is 0 Å². The van der Waals surface area contributed by atoms with E-state index in [1.165, 1.54) is 0 Å². The molecule has 2 rings (SSSR count). The quantitative estimate of drug-likeness (QED) is 0.648. The molecule has 0 amide bonds. The van der Waals surface area contributed by atoms with Crippen LogP contribution in [-0.4, -0.2) is 65.8 Å². The molecule has 0 aromatic heterocycles. The summed E-state index contributed by atoms with van der Waals surface area (Å²) in [4.78, 5) is 4.60. The third-order valence-electron chi connectivity index (χ3n) is 3.65. The fourth-order valence-electron chi connectivity index (χ4n) is 2.70. The summed E-state index contributed by atoms with van der Waals surface area (Å²) in [5, 5.41) is 9.65. The summed E-state index contributed by atoms with van der Waals surface area (Å²) in [5.74, 6) is 0. The van der Waals surface area contributed by atoms with Gasteiger partial charge in [0.05, 0.1) is 5.60 Å². The van der Waals surface area contributed by atoms with E-state index in [0.29, 0.717) is 0 Å². The van der Waals surface area contributed by atoms with Gasteiger partial charge in [-0.25, -0.2) is 0 Å². The van der Waals surface area contributed by atoms with Gasteiger partial charge in [0, 0.05) is 25.2 Å². The maximum Gasteiger partial charge on any atom is 0.0872 e. The number of nitrogens with zero attached hydrogens (tertiary/aromatic N) is 2. The number of rotatable bonds is 2. The highest BCUT2D eigenvalue weighted by molar-refractivity contribution is 4.99. The summed E-state index contributed by atoms with van der Waals surface area (Å²) >= 11 is 0. The van der Waals surface area contributed by atoms with Gasteiger partial charge in [0.1, 0.15) is 0 Å². The summed E-state index contributed by atoms with van der Waals surface area (Å²) in [6, 6.07) is 0. The number of nitrogens with two attached hydrogens (primary N) is 1. The van der Waals surface area contributed by atoms with Crippen molar-refractivity contribution in [3.05, 3.63) is 0 Å². The molecule has 88 valence electrons. The van der Waals surface area contributed by atoms with Crippen molar-refractivity contribution in [1.82, 2.24) is 9.80 Å². The lowest BCUT2D eigenvalue weighted by Gasteiger charge is -2.49. The molecule has 2 heterocycles. The summed E-state index contributed by atoms with van der Waals surface area (Å²) in [5.41, 5.74) is 5.88. The maximum absolute atomic E-state index is 9.65. The van der Waals surface area contributed by atoms with Crippen LogP contribution >= 0.6 is 0 Å². The molecule has 0 spiro atoms. The van der Waals surface area contributed by atoms with Crippen molar-refractivity contribution in [3.63, 3.8) is 0 Å². The Morgan fingerprint density at radius 3 is 2.27 bits per heavy atom. The van der Waals surface area contributed by atoms with Gasteiger partial charge in [0.25, 0.3) is 0 Å². The minimum atomic E-state index is -0.470. The van der Waals surface area contributed by atoms with E-state index in [2.05, 4.69) is 16.8 Å². The van der Waals surface area contributed by atoms with Gasteiger partial charge in [-0.2, -0.15) is 0 Å². The second kappa shape index (κ2) is 3.70. The van der Waals surface area contributed by atoms with Crippen LogP contribution in [0.3, 0.4) is 0 Å². The second-order valence-electron chi connectivity index (χ2n) is 5.81. The zero-order valence-corrected chi connectivity index (χ0v) is 9.87. The van der Waals surface area contributed by atoms with Crippen LogP contribution in [0.5, 0.6) is 0 Å². The highest BCUT2D eigenvalue weighted by Crippen LogP contribution is 2.26. The van der Waals surface area contributed by atoms with Crippen molar-refractivity contribution in [3.8, 4) is 0 Å². The van der Waals surface area contributed by atoms with Crippen molar-refractivity contribution in [2.24, 2.45) is 5.73 Å². The monoisotopic (exact) mass is 213 g/mol. The molecule has 2 saturated heterocycles. The second-order valence-corrected chi connectivity index (χ2v) is 5.81. The Kier molecular flexibility index (Phi) is 2.79. The molecule has 15 heavy (non-hydrogen) atoms. The van der Waals surface area contributed by atoms with Crippen LogP contribution < -0.4 is 5.73 Å². The predicted molar refractivity (Wildman–Crippen MR) is 60.7 cm³/mol. The van der Waals surface area contributed by atoms with Crippen molar-refractivity contribution >= 4 is 0 Å². The number of hydrogen-bond acceptors (Lipinski definition) is 4. The first-order valence-electron chi connectivity index (χ1n) is 5.81. The molecular formula is C11H23N3O. The Hall–Kier alpha value is -0.160. The highest BCUT2D eigenvalue weighted by atomic mass is 16.3. The lowest BCUT2D eigenvalue weighted by molar-refractivity contribution is -0.0928. The fourth-order valence-corrected chi connectivity index (χ4v) is 2.70. The van der Waals surface area contributed by atoms with Gasteiger partial charge in [0.15, 0.2) is 0 Å². The van der Waals surface area contributed by atoms with Crippen molar-refractivity contribution in [1.29, 1.82) is 0 Å². The number of β-amino-alcohol motifs (C(OH)–C–C–N with tert-alkyl or cyclic N) is 1. The Morgan fingerprint density at radius 1 is 1.27 bits per heavy atom. The van der Waals surface area contributed by atoms with E-state index < -0.39 is 5.60 Å². The lowest BCUT2D eigenvalue weighted by atomic mass is 9.85. The molecule has 0 saturated carbocycles. The first kappa shape index (κ1) is 11.3. The predicted octanol–water partition coefficient (Wildman–Crippen LogP) is -0.524. The van der Waals surface area contributed by atoms with E-state index in [9.17, 15) is 5.11 Å². The first-order valence-corrected chi connectivity index (χ1v) is 5.81. The third-order valence-corrected chi connectivity index (χ3v) is 3.65. The molecule has 0 bridgehead atoms. The van der Waals surface area contributed by atoms with Crippen LogP contribution in [0.2, 0.25) is 0 Å². The molecule has 0 aliphatic carbocycles. The normalized spacial score (nSPS) is 31.2. The molecule has 0 atom stereocenters. The van der Waals surface area contributed by atoms with Gasteiger partial charge in [0.2, 0.25) is 0 Å². The molecule has 4 nitrogen and oxygen atoms in total. The van der Waals surface area contributed by atoms with Crippen LogP contribution in [0.15, 0.2) is 0 Å². The van der Waals surface area contributed by atoms with Crippen molar-refractivity contribution < 1.29 is 5.11 Å². The minimum Gasteiger partial charge on any atom is -0.388 e. The Labute approximate surface area is 92.0 Å². The van der Waals surface area contributed by atoms with E-state index in [-0.39, 0.29) is 5.54 Å². The van der Waals surface area contributed by atoms with Gasteiger partial charge in [-0.05, 0) is 39.9 Å². The van der Waals surface area contributed by atoms with Gasteiger partial charge < -0.3 is 15.7 Å². The number of likely N-dealkylation sites (tertiary alicyclic amines) is 2. The molecule has 0 aromatic rings. The summed E-state index contributed by atoms with van der Waals surface area (Å²) in [6.45, 7) is 6.59. The molecule has 2 aliphatic heterocycles. The number of piperidine rings is 1. The highest BCUT2D eigenvalue weighted by Gasteiger charge is 2.41. The standard InChI is InChI=1S/C11H23N3O/c1-10(15)7-14(8-10)9-11(12)3-5-13(2)6-4-11/h15H,3-9,12H2,1-2H3. The van der Waals surface area contributed by atoms with Crippen LogP contribution in [0.1, 0.15) is 19.8 Å².